The van der Waals surface area contributed by atoms with Gasteiger partial charge in [-0.2, -0.15) is 13.2 Å². The van der Waals surface area contributed by atoms with Crippen LogP contribution in [0.25, 0.3) is 10.7 Å². The molecule has 0 spiro atoms. The largest absolute Gasteiger partial charge is 0.416 e. The first-order valence-electron chi connectivity index (χ1n) is 7.43. The second-order valence-electron chi connectivity index (χ2n) is 5.62. The minimum atomic E-state index is -4.61. The summed E-state index contributed by atoms with van der Waals surface area (Å²) in [5.41, 5.74) is -0.982. The first kappa shape index (κ1) is 18.2. The summed E-state index contributed by atoms with van der Waals surface area (Å²) in [5.74, 6) is -1.16. The van der Waals surface area contributed by atoms with Gasteiger partial charge in [0.1, 0.15) is 22.3 Å². The number of nitrogens with one attached hydrogen (secondary N) is 1. The van der Waals surface area contributed by atoms with Crippen LogP contribution in [0.4, 0.5) is 17.6 Å². The molecule has 1 N–H and O–H groups in total. The minimum Gasteiger partial charge on any atom is -0.311 e. The topological polar surface area (TPSA) is 71.5 Å². The van der Waals surface area contributed by atoms with Crippen molar-refractivity contribution in [2.24, 2.45) is 0 Å². The molecule has 0 radical (unpaired) electrons. The Labute approximate surface area is 148 Å². The zero-order valence-electron chi connectivity index (χ0n) is 13.6. The Kier molecular flexibility index (Phi) is 4.61. The number of aromatic nitrogens is 4. The monoisotopic (exact) mass is 384 g/mol. The summed E-state index contributed by atoms with van der Waals surface area (Å²) in [6.45, 7) is 3.24. The molecule has 1 atom stereocenters. The van der Waals surface area contributed by atoms with Gasteiger partial charge in [0.25, 0.3) is 5.56 Å². The number of H-pyrrole nitrogens is 1. The zero-order chi connectivity index (χ0) is 19.1. The van der Waals surface area contributed by atoms with Gasteiger partial charge in [-0.3, -0.25) is 4.79 Å². The van der Waals surface area contributed by atoms with Gasteiger partial charge in [-0.1, -0.05) is 24.3 Å². The van der Waals surface area contributed by atoms with Crippen LogP contribution in [0.3, 0.4) is 0 Å². The van der Waals surface area contributed by atoms with E-state index in [2.05, 4.69) is 20.2 Å². The highest BCUT2D eigenvalue weighted by molar-refractivity contribution is 7.14. The quantitative estimate of drug-likeness (QED) is 0.695. The van der Waals surface area contributed by atoms with Crippen LogP contribution < -0.4 is 5.56 Å². The predicted octanol–water partition coefficient (Wildman–Crippen LogP) is 3.91. The van der Waals surface area contributed by atoms with Gasteiger partial charge < -0.3 is 4.98 Å². The van der Waals surface area contributed by atoms with E-state index in [9.17, 15) is 22.4 Å². The normalized spacial score (nSPS) is 13.0. The van der Waals surface area contributed by atoms with E-state index in [4.69, 9.17) is 0 Å². The van der Waals surface area contributed by atoms with Crippen molar-refractivity contribution in [3.8, 4) is 10.7 Å². The predicted molar refractivity (Wildman–Crippen MR) is 87.4 cm³/mol. The average Bonchev–Trinajstić information content (AvgIpc) is 3.02. The van der Waals surface area contributed by atoms with Gasteiger partial charge in [0, 0.05) is 12.0 Å². The molecule has 0 fully saturated rings. The van der Waals surface area contributed by atoms with Crippen molar-refractivity contribution in [3.63, 3.8) is 0 Å². The molecule has 3 rings (SSSR count). The SMILES string of the molecule is Cc1nc(-c2nnc([C@H](C)c3ccc(C(F)(F)F)cc3F)s2)cc(=O)[nH]1. The lowest BCUT2D eigenvalue weighted by Crippen LogP contribution is -2.08. The van der Waals surface area contributed by atoms with Crippen molar-refractivity contribution in [2.45, 2.75) is 25.9 Å². The molecule has 0 saturated carbocycles. The summed E-state index contributed by atoms with van der Waals surface area (Å²) in [7, 11) is 0. The van der Waals surface area contributed by atoms with Gasteiger partial charge in [-0.25, -0.2) is 9.37 Å². The van der Waals surface area contributed by atoms with Crippen molar-refractivity contribution in [2.75, 3.05) is 0 Å². The van der Waals surface area contributed by atoms with Crippen LogP contribution in [-0.2, 0) is 6.18 Å². The molecule has 0 unspecified atom stereocenters. The van der Waals surface area contributed by atoms with Crippen LogP contribution in [-0.4, -0.2) is 20.2 Å². The second-order valence-corrected chi connectivity index (χ2v) is 6.63. The standard InChI is InChI=1S/C16H12F4N4OS/c1-7(10-4-3-9(5-11(10)17)16(18,19)20)14-23-24-15(26-14)12-6-13(25)22-8(2)21-12/h3-7H,1-2H3,(H,21,22,25)/t7-/m1/s1. The Morgan fingerprint density at radius 3 is 2.54 bits per heavy atom. The third-order valence-electron chi connectivity index (χ3n) is 3.68. The molecule has 0 aliphatic rings. The smallest absolute Gasteiger partial charge is 0.311 e. The molecule has 10 heteroatoms. The molecule has 136 valence electrons. The zero-order valence-corrected chi connectivity index (χ0v) is 14.4. The van der Waals surface area contributed by atoms with E-state index in [1.54, 1.807) is 13.8 Å². The fourth-order valence-electron chi connectivity index (χ4n) is 2.39. The first-order valence-corrected chi connectivity index (χ1v) is 8.25. The number of aromatic amines is 1. The Morgan fingerprint density at radius 1 is 1.19 bits per heavy atom. The third kappa shape index (κ3) is 3.64. The van der Waals surface area contributed by atoms with Crippen molar-refractivity contribution >= 4 is 11.3 Å². The lowest BCUT2D eigenvalue weighted by molar-refractivity contribution is -0.137. The molecule has 2 heterocycles. The van der Waals surface area contributed by atoms with Crippen molar-refractivity contribution in [1.82, 2.24) is 20.2 Å². The Balaban J connectivity index is 1.93. The molecule has 3 aromatic rings. The number of hydrogen-bond donors (Lipinski definition) is 1. The molecule has 0 amide bonds. The summed E-state index contributed by atoms with van der Waals surface area (Å²) >= 11 is 1.10. The number of hydrogen-bond acceptors (Lipinski definition) is 5. The van der Waals surface area contributed by atoms with E-state index in [1.165, 1.54) is 6.07 Å². The molecule has 0 saturated heterocycles. The van der Waals surface area contributed by atoms with Crippen LogP contribution in [0.5, 0.6) is 0 Å². The van der Waals surface area contributed by atoms with Crippen LogP contribution in [0, 0.1) is 12.7 Å². The lowest BCUT2D eigenvalue weighted by Gasteiger charge is -2.12. The number of rotatable bonds is 3. The van der Waals surface area contributed by atoms with E-state index in [1.807, 2.05) is 0 Å². The average molecular weight is 384 g/mol. The van der Waals surface area contributed by atoms with Crippen molar-refractivity contribution < 1.29 is 17.6 Å². The summed E-state index contributed by atoms with van der Waals surface area (Å²) in [4.78, 5) is 18.2. The number of benzene rings is 1. The maximum Gasteiger partial charge on any atom is 0.416 e. The highest BCUT2D eigenvalue weighted by atomic mass is 32.1. The molecule has 0 bridgehead atoms. The maximum atomic E-state index is 14.2. The van der Waals surface area contributed by atoms with E-state index < -0.39 is 23.5 Å². The lowest BCUT2D eigenvalue weighted by atomic mass is 9.99. The molecule has 0 aliphatic heterocycles. The van der Waals surface area contributed by atoms with Crippen LogP contribution in [0.2, 0.25) is 0 Å². The molecule has 5 nitrogen and oxygen atoms in total. The fourth-order valence-corrected chi connectivity index (χ4v) is 3.26. The first-order chi connectivity index (χ1) is 12.1. The van der Waals surface area contributed by atoms with E-state index in [-0.39, 0.29) is 11.1 Å². The summed E-state index contributed by atoms with van der Waals surface area (Å²) < 4.78 is 52.1. The van der Waals surface area contributed by atoms with Crippen LogP contribution in [0.15, 0.2) is 29.1 Å². The van der Waals surface area contributed by atoms with E-state index in [0.29, 0.717) is 27.6 Å². The van der Waals surface area contributed by atoms with Gasteiger partial charge >= 0.3 is 6.18 Å². The van der Waals surface area contributed by atoms with Gasteiger partial charge in [0.05, 0.1) is 5.56 Å². The summed E-state index contributed by atoms with van der Waals surface area (Å²) in [6.07, 6.45) is -4.61. The molecular formula is C16H12F4N4OS. The van der Waals surface area contributed by atoms with Crippen molar-refractivity contribution in [1.29, 1.82) is 0 Å². The Bertz CT molecular complexity index is 1010. The Hall–Kier alpha value is -2.62. The second kappa shape index (κ2) is 6.60. The highest BCUT2D eigenvalue weighted by Gasteiger charge is 2.32. The number of alkyl halides is 3. The van der Waals surface area contributed by atoms with Crippen molar-refractivity contribution in [3.05, 3.63) is 62.4 Å². The fraction of sp³-hybridized carbons (Fsp3) is 0.250. The molecule has 2 aromatic heterocycles. The highest BCUT2D eigenvalue weighted by Crippen LogP contribution is 2.35. The minimum absolute atomic E-state index is 0.0794. The molecule has 26 heavy (non-hydrogen) atoms. The molecule has 0 aliphatic carbocycles. The maximum absolute atomic E-state index is 14.2. The summed E-state index contributed by atoms with van der Waals surface area (Å²) in [6, 6.07) is 3.66. The van der Waals surface area contributed by atoms with E-state index >= 15 is 0 Å². The van der Waals surface area contributed by atoms with Crippen LogP contribution >= 0.6 is 11.3 Å². The molecule has 1 aromatic carbocycles. The Morgan fingerprint density at radius 2 is 1.92 bits per heavy atom. The molecular weight excluding hydrogens is 372 g/mol. The van der Waals surface area contributed by atoms with E-state index in [0.717, 1.165) is 23.5 Å². The van der Waals surface area contributed by atoms with Gasteiger partial charge in [0.2, 0.25) is 0 Å². The number of aryl methyl sites for hydroxylation is 1. The van der Waals surface area contributed by atoms with Crippen LogP contribution in [0.1, 0.15) is 34.8 Å². The summed E-state index contributed by atoms with van der Waals surface area (Å²) in [5, 5.41) is 8.69. The number of halogens is 4. The third-order valence-corrected chi connectivity index (χ3v) is 4.81. The van der Waals surface area contributed by atoms with Gasteiger partial charge in [-0.05, 0) is 24.6 Å². The van der Waals surface area contributed by atoms with Gasteiger partial charge in [-0.15, -0.1) is 10.2 Å². The van der Waals surface area contributed by atoms with Gasteiger partial charge in [0.15, 0.2) is 5.01 Å². The number of nitrogens with zero attached hydrogens (tertiary/aromatic N) is 3.